The minimum absolute atomic E-state index is 0.0890. The first-order chi connectivity index (χ1) is 15.7. The van der Waals surface area contributed by atoms with Gasteiger partial charge in [0.25, 0.3) is 5.91 Å². The number of nitrogens with one attached hydrogen (secondary N) is 1. The van der Waals surface area contributed by atoms with Crippen LogP contribution >= 0.6 is 0 Å². The molecule has 0 aliphatic carbocycles. The van der Waals surface area contributed by atoms with Gasteiger partial charge in [-0.15, -0.1) is 0 Å². The highest BCUT2D eigenvalue weighted by atomic mass is 16.5. The molecule has 6 nitrogen and oxygen atoms in total. The second-order valence-corrected chi connectivity index (χ2v) is 7.85. The number of benzene rings is 2. The Labute approximate surface area is 188 Å². The first-order valence-electron chi connectivity index (χ1n) is 10.8. The molecule has 0 radical (unpaired) electrons. The molecule has 1 amide bonds. The van der Waals surface area contributed by atoms with Gasteiger partial charge >= 0.3 is 0 Å². The van der Waals surface area contributed by atoms with Crippen molar-refractivity contribution in [1.82, 2.24) is 19.6 Å². The number of hydrogen-bond acceptors (Lipinski definition) is 4. The average molecular weight is 429 g/mol. The highest BCUT2D eigenvalue weighted by Crippen LogP contribution is 2.15. The zero-order valence-electron chi connectivity index (χ0n) is 18.3. The lowest BCUT2D eigenvalue weighted by Gasteiger charge is -2.16. The molecule has 0 atom stereocenters. The Bertz CT molecular complexity index is 1120. The van der Waals surface area contributed by atoms with Gasteiger partial charge in [-0.1, -0.05) is 42.5 Å². The smallest absolute Gasteiger partial charge is 0.251 e. The van der Waals surface area contributed by atoms with Crippen LogP contribution in [0.15, 0.2) is 85.2 Å². The molecule has 2 aromatic heterocycles. The molecule has 4 aromatic rings. The lowest BCUT2D eigenvalue weighted by molar-refractivity contribution is 0.0951. The van der Waals surface area contributed by atoms with Crippen molar-refractivity contribution in [2.45, 2.75) is 19.6 Å². The monoisotopic (exact) mass is 428 g/mol. The number of aromatic nitrogens is 2. The van der Waals surface area contributed by atoms with Crippen LogP contribution in [0, 0.1) is 0 Å². The summed E-state index contributed by atoms with van der Waals surface area (Å²) in [6.07, 6.45) is 4.79. The minimum Gasteiger partial charge on any atom is -0.487 e. The molecule has 1 N–H and O–H groups in total. The second-order valence-electron chi connectivity index (χ2n) is 7.85. The molecule has 0 aliphatic heterocycles. The van der Waals surface area contributed by atoms with Gasteiger partial charge < -0.3 is 19.4 Å². The van der Waals surface area contributed by atoms with Crippen molar-refractivity contribution in [1.29, 1.82) is 0 Å². The van der Waals surface area contributed by atoms with Crippen molar-refractivity contribution < 1.29 is 9.53 Å². The van der Waals surface area contributed by atoms with Gasteiger partial charge in [-0.2, -0.15) is 0 Å². The van der Waals surface area contributed by atoms with E-state index in [1.54, 1.807) is 12.1 Å². The van der Waals surface area contributed by atoms with Gasteiger partial charge in [-0.25, -0.2) is 4.98 Å². The molecule has 164 valence electrons. The van der Waals surface area contributed by atoms with Crippen molar-refractivity contribution in [3.63, 3.8) is 0 Å². The fourth-order valence-electron chi connectivity index (χ4n) is 3.57. The van der Waals surface area contributed by atoms with E-state index >= 15 is 0 Å². The lowest BCUT2D eigenvalue weighted by atomic mass is 10.2. The Morgan fingerprint density at radius 2 is 1.91 bits per heavy atom. The normalized spacial score (nSPS) is 11.1. The molecule has 4 rings (SSSR count). The van der Waals surface area contributed by atoms with Crippen molar-refractivity contribution in [2.75, 3.05) is 20.1 Å². The van der Waals surface area contributed by atoms with E-state index in [9.17, 15) is 4.79 Å². The summed E-state index contributed by atoms with van der Waals surface area (Å²) in [4.78, 5) is 19.3. The maximum absolute atomic E-state index is 12.5. The van der Waals surface area contributed by atoms with Crippen LogP contribution in [-0.4, -0.2) is 40.3 Å². The van der Waals surface area contributed by atoms with Gasteiger partial charge in [0.2, 0.25) is 0 Å². The molecule has 2 heterocycles. The molecule has 0 fully saturated rings. The fourth-order valence-corrected chi connectivity index (χ4v) is 3.57. The van der Waals surface area contributed by atoms with Crippen molar-refractivity contribution >= 4 is 11.6 Å². The summed E-state index contributed by atoms with van der Waals surface area (Å²) in [5.74, 6) is 0.561. The number of rotatable bonds is 10. The van der Waals surface area contributed by atoms with Crippen LogP contribution in [0.1, 0.15) is 28.0 Å². The molecule has 0 saturated carbocycles. The molecular formula is C26H28N4O2. The van der Waals surface area contributed by atoms with E-state index in [0.717, 1.165) is 30.9 Å². The first kappa shape index (κ1) is 21.6. The summed E-state index contributed by atoms with van der Waals surface area (Å²) in [6, 6.07) is 23.5. The quantitative estimate of drug-likeness (QED) is 0.385. The molecule has 0 aliphatic rings. The topological polar surface area (TPSA) is 58.9 Å². The van der Waals surface area contributed by atoms with E-state index in [-0.39, 0.29) is 5.91 Å². The zero-order valence-corrected chi connectivity index (χ0v) is 18.3. The molecule has 6 heteroatoms. The van der Waals surface area contributed by atoms with Crippen LogP contribution in [0.2, 0.25) is 0 Å². The third-order valence-corrected chi connectivity index (χ3v) is 5.19. The molecular weight excluding hydrogens is 400 g/mol. The predicted octanol–water partition coefficient (Wildman–Crippen LogP) is 4.17. The van der Waals surface area contributed by atoms with Gasteiger partial charge in [0.1, 0.15) is 18.0 Å². The fraction of sp³-hybridized carbons (Fsp3) is 0.231. The van der Waals surface area contributed by atoms with Gasteiger partial charge in [0, 0.05) is 31.0 Å². The van der Waals surface area contributed by atoms with E-state index in [2.05, 4.69) is 46.5 Å². The molecule has 32 heavy (non-hydrogen) atoms. The van der Waals surface area contributed by atoms with Crippen LogP contribution in [0.25, 0.3) is 5.65 Å². The molecule has 0 bridgehead atoms. The van der Waals surface area contributed by atoms with Crippen LogP contribution in [0.3, 0.4) is 0 Å². The predicted molar refractivity (Wildman–Crippen MR) is 126 cm³/mol. The largest absolute Gasteiger partial charge is 0.487 e. The maximum Gasteiger partial charge on any atom is 0.251 e. The number of pyridine rings is 1. The van der Waals surface area contributed by atoms with Crippen LogP contribution in [0.5, 0.6) is 5.75 Å². The molecule has 0 saturated heterocycles. The van der Waals surface area contributed by atoms with Crippen molar-refractivity contribution in [2.24, 2.45) is 0 Å². The van der Waals surface area contributed by atoms with Crippen LogP contribution in [-0.2, 0) is 13.2 Å². The maximum atomic E-state index is 12.5. The summed E-state index contributed by atoms with van der Waals surface area (Å²) in [5.41, 5.74) is 3.61. The number of fused-ring (bicyclic) bond motifs is 1. The number of nitrogens with zero attached hydrogens (tertiary/aromatic N) is 3. The Balaban J connectivity index is 1.22. The van der Waals surface area contributed by atoms with Gasteiger partial charge in [-0.3, -0.25) is 4.79 Å². The van der Waals surface area contributed by atoms with Gasteiger partial charge in [-0.05, 0) is 55.9 Å². The summed E-state index contributed by atoms with van der Waals surface area (Å²) >= 11 is 0. The highest BCUT2D eigenvalue weighted by molar-refractivity contribution is 5.94. The third-order valence-electron chi connectivity index (χ3n) is 5.19. The van der Waals surface area contributed by atoms with Crippen molar-refractivity contribution in [3.05, 3.63) is 102 Å². The molecule has 0 spiro atoms. The Hall–Kier alpha value is -3.64. The van der Waals surface area contributed by atoms with E-state index in [0.29, 0.717) is 24.5 Å². The Kier molecular flexibility index (Phi) is 7.15. The van der Waals surface area contributed by atoms with Crippen molar-refractivity contribution in [3.8, 4) is 5.75 Å². The number of imidazole rings is 1. The number of carbonyl (C=O) groups excluding carboxylic acids is 1. The number of carbonyl (C=O) groups is 1. The Morgan fingerprint density at radius 3 is 2.75 bits per heavy atom. The number of ether oxygens (including phenoxy) is 1. The SMILES string of the molecule is CN(CCCNC(=O)c1cccc(OCc2cn3ccccc3n2)c1)Cc1ccccc1. The van der Waals surface area contributed by atoms with Crippen LogP contribution in [0.4, 0.5) is 0 Å². The average Bonchev–Trinajstić information content (AvgIpc) is 3.24. The summed E-state index contributed by atoms with van der Waals surface area (Å²) in [5, 5.41) is 3.00. The standard InChI is InChI=1S/C26H28N4O2/c1-29(18-21-9-3-2-4-10-21)15-8-14-27-26(31)22-11-7-12-24(17-22)32-20-23-19-30-16-6-5-13-25(30)28-23/h2-7,9-13,16-17,19H,8,14-15,18,20H2,1H3,(H,27,31). The van der Waals surface area contributed by atoms with Crippen LogP contribution < -0.4 is 10.1 Å². The van der Waals surface area contributed by atoms with Gasteiger partial charge in [0.15, 0.2) is 0 Å². The molecule has 2 aromatic carbocycles. The zero-order chi connectivity index (χ0) is 22.2. The van der Waals surface area contributed by atoms with E-state index in [1.807, 2.05) is 53.2 Å². The van der Waals surface area contributed by atoms with E-state index < -0.39 is 0 Å². The number of amides is 1. The first-order valence-corrected chi connectivity index (χ1v) is 10.8. The summed E-state index contributed by atoms with van der Waals surface area (Å²) in [6.45, 7) is 2.79. The molecule has 0 unspecified atom stereocenters. The minimum atomic E-state index is -0.0890. The third kappa shape index (κ3) is 5.95. The van der Waals surface area contributed by atoms with E-state index in [4.69, 9.17) is 4.74 Å². The lowest BCUT2D eigenvalue weighted by Crippen LogP contribution is -2.28. The van der Waals surface area contributed by atoms with E-state index in [1.165, 1.54) is 5.56 Å². The van der Waals surface area contributed by atoms with Gasteiger partial charge in [0.05, 0.1) is 5.69 Å². The summed E-state index contributed by atoms with van der Waals surface area (Å²) in [7, 11) is 2.10. The summed E-state index contributed by atoms with van der Waals surface area (Å²) < 4.78 is 7.82. The Morgan fingerprint density at radius 1 is 1.06 bits per heavy atom. The second kappa shape index (κ2) is 10.6. The number of hydrogen-bond donors (Lipinski definition) is 1. The highest BCUT2D eigenvalue weighted by Gasteiger charge is 2.08.